The molecule has 108 valence electrons. The third-order valence-electron chi connectivity index (χ3n) is 3.28. The third-order valence-corrected chi connectivity index (χ3v) is 5.05. The Labute approximate surface area is 136 Å². The molecule has 0 aliphatic heterocycles. The van der Waals surface area contributed by atoms with E-state index in [1.165, 1.54) is 10.4 Å². The van der Waals surface area contributed by atoms with Gasteiger partial charge in [-0.05, 0) is 48.2 Å². The van der Waals surface area contributed by atoms with Gasteiger partial charge in [-0.1, -0.05) is 28.1 Å². The van der Waals surface area contributed by atoms with Gasteiger partial charge in [-0.3, -0.25) is 0 Å². The van der Waals surface area contributed by atoms with E-state index < -0.39 is 0 Å². The van der Waals surface area contributed by atoms with E-state index >= 15 is 0 Å². The molecule has 0 aliphatic rings. The van der Waals surface area contributed by atoms with Gasteiger partial charge < -0.3 is 9.73 Å². The van der Waals surface area contributed by atoms with Gasteiger partial charge in [-0.15, -0.1) is 11.3 Å². The number of aryl methyl sites for hydroxylation is 1. The summed E-state index contributed by atoms with van der Waals surface area (Å²) in [4.78, 5) is 1.34. The third kappa shape index (κ3) is 3.64. The van der Waals surface area contributed by atoms with Crippen LogP contribution in [0.25, 0.3) is 11.3 Å². The van der Waals surface area contributed by atoms with Crippen LogP contribution in [-0.2, 0) is 13.1 Å². The second-order valence-corrected chi connectivity index (χ2v) is 6.80. The van der Waals surface area contributed by atoms with E-state index in [9.17, 15) is 0 Å². The van der Waals surface area contributed by atoms with Crippen molar-refractivity contribution in [3.05, 3.63) is 68.5 Å². The van der Waals surface area contributed by atoms with Crippen LogP contribution < -0.4 is 5.32 Å². The molecule has 21 heavy (non-hydrogen) atoms. The highest BCUT2D eigenvalue weighted by atomic mass is 79.9. The van der Waals surface area contributed by atoms with Gasteiger partial charge in [0.2, 0.25) is 0 Å². The number of hydrogen-bond donors (Lipinski definition) is 1. The van der Waals surface area contributed by atoms with Crippen LogP contribution in [0.3, 0.4) is 0 Å². The fraction of sp³-hybridized carbons (Fsp3) is 0.176. The molecule has 3 aromatic rings. The Morgan fingerprint density at radius 2 is 2.05 bits per heavy atom. The second kappa shape index (κ2) is 6.60. The van der Waals surface area contributed by atoms with E-state index in [2.05, 4.69) is 63.9 Å². The van der Waals surface area contributed by atoms with Crippen molar-refractivity contribution in [2.24, 2.45) is 0 Å². The van der Waals surface area contributed by atoms with Crippen molar-refractivity contribution in [2.45, 2.75) is 20.0 Å². The molecule has 1 N–H and O–H groups in total. The molecule has 2 heterocycles. The number of rotatable bonds is 5. The zero-order chi connectivity index (χ0) is 14.7. The highest BCUT2D eigenvalue weighted by Crippen LogP contribution is 2.26. The molecule has 0 saturated carbocycles. The van der Waals surface area contributed by atoms with Crippen molar-refractivity contribution in [1.82, 2.24) is 5.32 Å². The average molecular weight is 362 g/mol. The van der Waals surface area contributed by atoms with E-state index in [-0.39, 0.29) is 0 Å². The summed E-state index contributed by atoms with van der Waals surface area (Å²) < 4.78 is 7.03. The number of benzene rings is 1. The zero-order valence-electron chi connectivity index (χ0n) is 11.7. The van der Waals surface area contributed by atoms with E-state index in [0.717, 1.165) is 34.6 Å². The van der Waals surface area contributed by atoms with Crippen LogP contribution in [0.2, 0.25) is 0 Å². The minimum absolute atomic E-state index is 0.743. The molecule has 0 unspecified atom stereocenters. The van der Waals surface area contributed by atoms with Crippen LogP contribution in [0.1, 0.15) is 16.2 Å². The molecular weight excluding hydrogens is 346 g/mol. The van der Waals surface area contributed by atoms with Gasteiger partial charge in [-0.2, -0.15) is 0 Å². The quantitative estimate of drug-likeness (QED) is 0.660. The molecule has 4 heteroatoms. The first-order valence-corrected chi connectivity index (χ1v) is 8.48. The lowest BCUT2D eigenvalue weighted by molar-refractivity contribution is 0.494. The first-order valence-electron chi connectivity index (χ1n) is 6.81. The number of thiophene rings is 1. The molecule has 0 saturated heterocycles. The van der Waals surface area contributed by atoms with Crippen molar-refractivity contribution in [1.29, 1.82) is 0 Å². The lowest BCUT2D eigenvalue weighted by atomic mass is 10.1. The molecule has 0 atom stereocenters. The molecule has 0 fully saturated rings. The summed E-state index contributed by atoms with van der Waals surface area (Å²) in [7, 11) is 0. The summed E-state index contributed by atoms with van der Waals surface area (Å²) in [6.45, 7) is 3.71. The van der Waals surface area contributed by atoms with Gasteiger partial charge >= 0.3 is 0 Å². The molecule has 3 rings (SSSR count). The van der Waals surface area contributed by atoms with E-state index in [1.807, 2.05) is 12.1 Å². The summed E-state index contributed by atoms with van der Waals surface area (Å²) in [5.74, 6) is 1.88. The van der Waals surface area contributed by atoms with Crippen molar-refractivity contribution in [2.75, 3.05) is 0 Å². The molecule has 2 aromatic heterocycles. The Hall–Kier alpha value is -1.36. The summed E-state index contributed by atoms with van der Waals surface area (Å²) in [6.07, 6.45) is 0. The molecule has 0 bridgehead atoms. The molecule has 0 radical (unpaired) electrons. The molecule has 2 nitrogen and oxygen atoms in total. The van der Waals surface area contributed by atoms with Crippen molar-refractivity contribution in [3.63, 3.8) is 0 Å². The maximum atomic E-state index is 5.91. The minimum atomic E-state index is 0.743. The Balaban J connectivity index is 1.64. The van der Waals surface area contributed by atoms with Crippen molar-refractivity contribution in [3.8, 4) is 11.3 Å². The van der Waals surface area contributed by atoms with Gasteiger partial charge in [0.05, 0.1) is 6.54 Å². The first-order chi connectivity index (χ1) is 10.2. The van der Waals surface area contributed by atoms with Gasteiger partial charge in [0.15, 0.2) is 0 Å². The fourth-order valence-corrected chi connectivity index (χ4v) is 3.07. The Morgan fingerprint density at radius 1 is 1.14 bits per heavy atom. The predicted molar refractivity (Wildman–Crippen MR) is 91.4 cm³/mol. The number of furan rings is 1. The predicted octanol–water partition coefficient (Wildman–Crippen LogP) is 5.37. The zero-order valence-corrected chi connectivity index (χ0v) is 14.1. The van der Waals surface area contributed by atoms with Crippen molar-refractivity contribution >= 4 is 27.3 Å². The molecule has 0 amide bonds. The smallest absolute Gasteiger partial charge is 0.134 e. The minimum Gasteiger partial charge on any atom is -0.460 e. The van der Waals surface area contributed by atoms with Crippen LogP contribution in [0.5, 0.6) is 0 Å². The highest BCUT2D eigenvalue weighted by molar-refractivity contribution is 9.10. The van der Waals surface area contributed by atoms with Crippen LogP contribution in [0.15, 0.2) is 56.7 Å². The molecule has 0 spiro atoms. The summed E-state index contributed by atoms with van der Waals surface area (Å²) in [5.41, 5.74) is 2.32. The average Bonchev–Trinajstić information content (AvgIpc) is 3.13. The van der Waals surface area contributed by atoms with Crippen LogP contribution in [0, 0.1) is 6.92 Å². The van der Waals surface area contributed by atoms with Crippen LogP contribution in [-0.4, -0.2) is 0 Å². The maximum Gasteiger partial charge on any atom is 0.134 e. The Bertz CT molecular complexity index is 718. The van der Waals surface area contributed by atoms with Gasteiger partial charge in [0.1, 0.15) is 11.5 Å². The van der Waals surface area contributed by atoms with Crippen molar-refractivity contribution < 1.29 is 4.42 Å². The first kappa shape index (κ1) is 14.6. The lowest BCUT2D eigenvalue weighted by Gasteiger charge is -2.02. The highest BCUT2D eigenvalue weighted by Gasteiger charge is 2.06. The summed E-state index contributed by atoms with van der Waals surface area (Å²) in [5, 5.41) is 5.49. The summed E-state index contributed by atoms with van der Waals surface area (Å²) in [6, 6.07) is 14.5. The van der Waals surface area contributed by atoms with Crippen LogP contribution in [0.4, 0.5) is 0 Å². The van der Waals surface area contributed by atoms with E-state index in [0.29, 0.717) is 0 Å². The lowest BCUT2D eigenvalue weighted by Crippen LogP contribution is -2.10. The second-order valence-electron chi connectivity index (χ2n) is 4.91. The Morgan fingerprint density at radius 3 is 2.81 bits per heavy atom. The van der Waals surface area contributed by atoms with E-state index in [1.54, 1.807) is 11.3 Å². The van der Waals surface area contributed by atoms with Gasteiger partial charge in [0.25, 0.3) is 0 Å². The fourth-order valence-electron chi connectivity index (χ4n) is 2.15. The molecular formula is C17H16BrNOS. The molecule has 0 aliphatic carbocycles. The number of nitrogens with one attached hydrogen (secondary N) is 1. The SMILES string of the molecule is Cc1cc(-c2ccc(CNCc3cccs3)o2)ccc1Br. The number of hydrogen-bond acceptors (Lipinski definition) is 3. The summed E-state index contributed by atoms with van der Waals surface area (Å²) >= 11 is 5.29. The largest absolute Gasteiger partial charge is 0.460 e. The maximum absolute atomic E-state index is 5.91. The van der Waals surface area contributed by atoms with E-state index in [4.69, 9.17) is 4.42 Å². The topological polar surface area (TPSA) is 25.2 Å². The standard InChI is InChI=1S/C17H16BrNOS/c1-12-9-13(4-6-16(12)18)17-7-5-14(20-17)10-19-11-15-3-2-8-21-15/h2-9,19H,10-11H2,1H3. The number of halogens is 1. The monoisotopic (exact) mass is 361 g/mol. The Kier molecular flexibility index (Phi) is 4.58. The van der Waals surface area contributed by atoms with Gasteiger partial charge in [0, 0.05) is 21.5 Å². The van der Waals surface area contributed by atoms with Gasteiger partial charge in [-0.25, -0.2) is 0 Å². The van der Waals surface area contributed by atoms with Crippen LogP contribution >= 0.6 is 27.3 Å². The molecule has 1 aromatic carbocycles. The normalized spacial score (nSPS) is 11.0.